The summed E-state index contributed by atoms with van der Waals surface area (Å²) >= 11 is 1.86. The molecule has 3 N–H and O–H groups in total. The van der Waals surface area contributed by atoms with E-state index in [2.05, 4.69) is 27.2 Å². The maximum absolute atomic E-state index is 12.1. The van der Waals surface area contributed by atoms with Crippen LogP contribution in [0.1, 0.15) is 30.1 Å². The predicted octanol–water partition coefficient (Wildman–Crippen LogP) is 2.74. The molecule has 6 nitrogen and oxygen atoms in total. The number of methoxy groups -OCH3 is 1. The molecule has 0 aliphatic rings. The minimum Gasteiger partial charge on any atom is -0.497 e. The van der Waals surface area contributed by atoms with E-state index in [1.54, 1.807) is 31.4 Å². The van der Waals surface area contributed by atoms with Crippen LogP contribution in [0.15, 0.2) is 29.3 Å². The number of amides is 1. The third-order valence-electron chi connectivity index (χ3n) is 3.43. The van der Waals surface area contributed by atoms with Crippen LogP contribution in [0.25, 0.3) is 0 Å². The number of aliphatic imine (C=N–C) groups is 1. The Kier molecular flexibility index (Phi) is 15.3. The van der Waals surface area contributed by atoms with Crippen molar-refractivity contribution in [2.45, 2.75) is 19.8 Å². The van der Waals surface area contributed by atoms with E-state index in [-0.39, 0.29) is 29.9 Å². The van der Waals surface area contributed by atoms with Gasteiger partial charge in [-0.1, -0.05) is 0 Å². The molecule has 0 unspecified atom stereocenters. The molecule has 0 radical (unpaired) electrons. The van der Waals surface area contributed by atoms with Crippen molar-refractivity contribution >= 4 is 47.6 Å². The zero-order valence-corrected chi connectivity index (χ0v) is 19.0. The maximum Gasteiger partial charge on any atom is 0.251 e. The standard InChI is InChI=1S/C18H30N4O2S.HI/c1-4-19-18(21-11-5-6-14-25-3)22-13-12-20-17(23)15-7-9-16(24-2)10-8-15;/h7-10H,4-6,11-14H2,1-3H3,(H,20,23)(H2,19,21,22);1H. The van der Waals surface area contributed by atoms with Crippen LogP contribution in [0.2, 0.25) is 0 Å². The quantitative estimate of drug-likeness (QED) is 0.191. The van der Waals surface area contributed by atoms with Gasteiger partial charge < -0.3 is 20.7 Å². The molecule has 1 amide bonds. The third-order valence-corrected chi connectivity index (χ3v) is 4.12. The van der Waals surface area contributed by atoms with Crippen LogP contribution in [0.5, 0.6) is 5.75 Å². The number of thioether (sulfide) groups is 1. The summed E-state index contributed by atoms with van der Waals surface area (Å²) in [4.78, 5) is 16.6. The van der Waals surface area contributed by atoms with Gasteiger partial charge in [0.05, 0.1) is 7.11 Å². The van der Waals surface area contributed by atoms with Crippen molar-refractivity contribution in [2.24, 2.45) is 4.99 Å². The van der Waals surface area contributed by atoms with Crippen molar-refractivity contribution in [1.29, 1.82) is 0 Å². The molecule has 0 aliphatic carbocycles. The Labute approximate surface area is 178 Å². The largest absolute Gasteiger partial charge is 0.497 e. The van der Waals surface area contributed by atoms with Gasteiger partial charge in [0.25, 0.3) is 5.91 Å². The Morgan fingerprint density at radius 1 is 1.12 bits per heavy atom. The highest BCUT2D eigenvalue weighted by molar-refractivity contribution is 14.0. The first-order chi connectivity index (χ1) is 12.2. The van der Waals surface area contributed by atoms with Crippen molar-refractivity contribution in [3.8, 4) is 5.75 Å². The highest BCUT2D eigenvalue weighted by Gasteiger charge is 2.05. The number of unbranched alkanes of at least 4 members (excludes halogenated alkanes) is 1. The van der Waals surface area contributed by atoms with Gasteiger partial charge >= 0.3 is 0 Å². The smallest absolute Gasteiger partial charge is 0.251 e. The first kappa shape index (κ1) is 24.8. The number of guanidine groups is 1. The Morgan fingerprint density at radius 2 is 1.81 bits per heavy atom. The molecular formula is C18H31IN4O2S. The fourth-order valence-electron chi connectivity index (χ4n) is 2.09. The highest BCUT2D eigenvalue weighted by Crippen LogP contribution is 2.10. The summed E-state index contributed by atoms with van der Waals surface area (Å²) in [6.07, 6.45) is 4.39. The van der Waals surface area contributed by atoms with Gasteiger partial charge in [0, 0.05) is 31.7 Å². The molecule has 0 aromatic heterocycles. The second kappa shape index (κ2) is 16.0. The van der Waals surface area contributed by atoms with Crippen molar-refractivity contribution in [3.05, 3.63) is 29.8 Å². The number of nitrogens with zero attached hydrogens (tertiary/aromatic N) is 1. The zero-order chi connectivity index (χ0) is 18.3. The topological polar surface area (TPSA) is 74.8 Å². The molecule has 1 aromatic rings. The summed E-state index contributed by atoms with van der Waals surface area (Å²) in [6, 6.07) is 7.06. The van der Waals surface area contributed by atoms with Crippen LogP contribution < -0.4 is 20.7 Å². The second-order valence-electron chi connectivity index (χ2n) is 5.37. The Hall–Kier alpha value is -1.16. The number of hydrogen-bond acceptors (Lipinski definition) is 4. The van der Waals surface area contributed by atoms with E-state index in [9.17, 15) is 4.79 Å². The summed E-state index contributed by atoms with van der Waals surface area (Å²) in [5, 5.41) is 9.34. The van der Waals surface area contributed by atoms with E-state index in [0.29, 0.717) is 18.7 Å². The summed E-state index contributed by atoms with van der Waals surface area (Å²) in [6.45, 7) is 4.82. The first-order valence-corrected chi connectivity index (χ1v) is 10.0. The molecule has 0 fully saturated rings. The highest BCUT2D eigenvalue weighted by atomic mass is 127. The van der Waals surface area contributed by atoms with Crippen LogP contribution in [-0.4, -0.2) is 57.2 Å². The molecule has 148 valence electrons. The molecule has 0 spiro atoms. The average Bonchev–Trinajstić information content (AvgIpc) is 2.64. The van der Waals surface area contributed by atoms with Crippen LogP contribution in [0.4, 0.5) is 0 Å². The fourth-order valence-corrected chi connectivity index (χ4v) is 2.58. The Morgan fingerprint density at radius 3 is 2.42 bits per heavy atom. The first-order valence-electron chi connectivity index (χ1n) is 8.64. The number of halogens is 1. The minimum absolute atomic E-state index is 0. The summed E-state index contributed by atoms with van der Waals surface area (Å²) in [5.74, 6) is 2.62. The second-order valence-corrected chi connectivity index (χ2v) is 6.36. The van der Waals surface area contributed by atoms with Crippen LogP contribution in [-0.2, 0) is 0 Å². The lowest BCUT2D eigenvalue weighted by Gasteiger charge is -2.12. The molecule has 0 saturated heterocycles. The Bertz CT molecular complexity index is 526. The van der Waals surface area contributed by atoms with E-state index >= 15 is 0 Å². The number of carbonyl (C=O) groups excluding carboxylic acids is 1. The van der Waals surface area contributed by atoms with Gasteiger partial charge in [-0.05, 0) is 56.0 Å². The van der Waals surface area contributed by atoms with Crippen molar-refractivity contribution in [1.82, 2.24) is 16.0 Å². The molecule has 0 heterocycles. The lowest BCUT2D eigenvalue weighted by Crippen LogP contribution is -2.41. The molecule has 26 heavy (non-hydrogen) atoms. The van der Waals surface area contributed by atoms with Crippen LogP contribution >= 0.6 is 35.7 Å². The Balaban J connectivity index is 0.00000625. The molecule has 0 atom stereocenters. The van der Waals surface area contributed by atoms with Gasteiger partial charge in [0.15, 0.2) is 5.96 Å². The van der Waals surface area contributed by atoms with Gasteiger partial charge in [-0.2, -0.15) is 11.8 Å². The van der Waals surface area contributed by atoms with Crippen molar-refractivity contribution in [3.63, 3.8) is 0 Å². The monoisotopic (exact) mass is 494 g/mol. The van der Waals surface area contributed by atoms with Gasteiger partial charge in [0.1, 0.15) is 5.75 Å². The molecule has 8 heteroatoms. The van der Waals surface area contributed by atoms with E-state index < -0.39 is 0 Å². The number of benzene rings is 1. The number of carbonyl (C=O) groups is 1. The van der Waals surface area contributed by atoms with Crippen LogP contribution in [0.3, 0.4) is 0 Å². The molecule has 0 saturated carbocycles. The SMILES string of the molecule is CCNC(=NCCCCSC)NCCNC(=O)c1ccc(OC)cc1.I. The number of nitrogens with one attached hydrogen (secondary N) is 3. The maximum atomic E-state index is 12.1. The van der Waals surface area contributed by atoms with Gasteiger partial charge in [-0.15, -0.1) is 24.0 Å². The lowest BCUT2D eigenvalue weighted by molar-refractivity contribution is 0.0954. The number of rotatable bonds is 11. The van der Waals surface area contributed by atoms with Crippen LogP contribution in [0, 0.1) is 0 Å². The van der Waals surface area contributed by atoms with Crippen molar-refractivity contribution in [2.75, 3.05) is 45.3 Å². The van der Waals surface area contributed by atoms with Gasteiger partial charge in [0.2, 0.25) is 0 Å². The lowest BCUT2D eigenvalue weighted by atomic mass is 10.2. The summed E-state index contributed by atoms with van der Waals surface area (Å²) in [5.41, 5.74) is 0.621. The number of hydrogen-bond donors (Lipinski definition) is 3. The molecule has 1 aromatic carbocycles. The van der Waals surface area contributed by atoms with E-state index in [1.165, 1.54) is 12.2 Å². The zero-order valence-electron chi connectivity index (χ0n) is 15.8. The molecule has 0 bridgehead atoms. The van der Waals surface area contributed by atoms with Gasteiger partial charge in [-0.25, -0.2) is 0 Å². The molecule has 0 aliphatic heterocycles. The third kappa shape index (κ3) is 10.7. The summed E-state index contributed by atoms with van der Waals surface area (Å²) < 4.78 is 5.09. The number of ether oxygens (including phenoxy) is 1. The predicted molar refractivity (Wildman–Crippen MR) is 122 cm³/mol. The van der Waals surface area contributed by atoms with Crippen molar-refractivity contribution < 1.29 is 9.53 Å². The minimum atomic E-state index is -0.0940. The van der Waals surface area contributed by atoms with E-state index in [0.717, 1.165) is 31.2 Å². The van der Waals surface area contributed by atoms with Gasteiger partial charge in [-0.3, -0.25) is 9.79 Å². The fraction of sp³-hybridized carbons (Fsp3) is 0.556. The normalized spacial score (nSPS) is 10.7. The van der Waals surface area contributed by atoms with E-state index in [4.69, 9.17) is 4.74 Å². The van der Waals surface area contributed by atoms with E-state index in [1.807, 2.05) is 18.7 Å². The average molecular weight is 494 g/mol. The molecular weight excluding hydrogens is 463 g/mol. The summed E-state index contributed by atoms with van der Waals surface area (Å²) in [7, 11) is 1.60. The molecule has 1 rings (SSSR count).